The number of rotatable bonds is 8. The number of thiazole rings is 1. The van der Waals surface area contributed by atoms with Crippen molar-refractivity contribution in [1.29, 1.82) is 0 Å². The predicted molar refractivity (Wildman–Crippen MR) is 104 cm³/mol. The van der Waals surface area contributed by atoms with Gasteiger partial charge in [-0.05, 0) is 6.92 Å². The van der Waals surface area contributed by atoms with Crippen molar-refractivity contribution in [2.45, 2.75) is 32.0 Å². The number of carbonyl (C=O) groups is 2. The predicted octanol–water partition coefficient (Wildman–Crippen LogP) is 2.22. The summed E-state index contributed by atoms with van der Waals surface area (Å²) in [6.07, 6.45) is 2.53. The van der Waals surface area contributed by atoms with E-state index in [0.717, 1.165) is 12.2 Å². The normalized spacial score (nSPS) is 10.6. The van der Waals surface area contributed by atoms with Gasteiger partial charge in [-0.25, -0.2) is 4.98 Å². The number of amides is 2. The molecule has 0 unspecified atom stereocenters. The van der Waals surface area contributed by atoms with Crippen LogP contribution in [0.1, 0.15) is 28.1 Å². The molecule has 0 saturated heterocycles. The second-order valence-electron chi connectivity index (χ2n) is 5.62. The summed E-state index contributed by atoms with van der Waals surface area (Å²) in [4.78, 5) is 30.5. The maximum Gasteiger partial charge on any atom is 0.265 e. The quantitative estimate of drug-likeness (QED) is 0.545. The molecule has 2 amide bonds. The molecule has 0 aromatic carbocycles. The number of nitrogens with zero attached hydrogens (tertiary/aromatic N) is 5. The zero-order valence-electron chi connectivity index (χ0n) is 15.3. The fraction of sp³-hybridized carbons (Fsp3) is 0.438. The van der Waals surface area contributed by atoms with Crippen molar-refractivity contribution in [1.82, 2.24) is 24.6 Å². The smallest absolute Gasteiger partial charge is 0.265 e. The molecule has 0 aliphatic rings. The molecule has 8 nitrogen and oxygen atoms in total. The molecule has 2 heterocycles. The van der Waals surface area contributed by atoms with Crippen LogP contribution in [0.4, 0.5) is 5.13 Å². The monoisotopic (exact) mass is 394 g/mol. The largest absolute Gasteiger partial charge is 0.344 e. The van der Waals surface area contributed by atoms with Gasteiger partial charge in [0.05, 0.1) is 11.4 Å². The number of nitrogens with one attached hydrogen (secondary N) is 1. The lowest BCUT2D eigenvalue weighted by Crippen LogP contribution is -2.21. The molecule has 26 heavy (non-hydrogen) atoms. The number of aryl methyl sites for hydroxylation is 2. The second-order valence-corrected chi connectivity index (χ2v) is 7.56. The highest BCUT2D eigenvalue weighted by Crippen LogP contribution is 2.24. The summed E-state index contributed by atoms with van der Waals surface area (Å²) >= 11 is 2.48. The summed E-state index contributed by atoms with van der Waals surface area (Å²) in [5, 5.41) is 12.1. The number of carbonyl (C=O) groups excluding carboxylic acids is 2. The SMILES string of the molecule is C=CCn1c(CC)nnc1SCC(=O)Nc1nc(C)c(C(=O)N(C)C)s1. The lowest BCUT2D eigenvalue weighted by atomic mass is 10.3. The summed E-state index contributed by atoms with van der Waals surface area (Å²) < 4.78 is 1.94. The van der Waals surface area contributed by atoms with E-state index in [4.69, 9.17) is 0 Å². The van der Waals surface area contributed by atoms with Crippen molar-refractivity contribution in [3.8, 4) is 0 Å². The van der Waals surface area contributed by atoms with Crippen LogP contribution in [0.5, 0.6) is 0 Å². The number of aromatic nitrogens is 4. The van der Waals surface area contributed by atoms with Crippen molar-refractivity contribution in [3.05, 3.63) is 29.1 Å². The molecule has 0 fully saturated rings. The van der Waals surface area contributed by atoms with Crippen LogP contribution in [0, 0.1) is 6.92 Å². The van der Waals surface area contributed by atoms with Gasteiger partial charge in [-0.3, -0.25) is 9.59 Å². The Labute approximate surface area is 160 Å². The number of anilines is 1. The van der Waals surface area contributed by atoms with E-state index >= 15 is 0 Å². The summed E-state index contributed by atoms with van der Waals surface area (Å²) in [5.74, 6) is 0.697. The van der Waals surface area contributed by atoms with E-state index in [-0.39, 0.29) is 17.6 Å². The van der Waals surface area contributed by atoms with Crippen LogP contribution in [0.15, 0.2) is 17.8 Å². The highest BCUT2D eigenvalue weighted by Gasteiger charge is 2.18. The van der Waals surface area contributed by atoms with E-state index in [2.05, 4.69) is 27.1 Å². The molecule has 0 bridgehead atoms. The molecule has 0 saturated carbocycles. The van der Waals surface area contributed by atoms with E-state index in [9.17, 15) is 9.59 Å². The minimum Gasteiger partial charge on any atom is -0.344 e. The van der Waals surface area contributed by atoms with Gasteiger partial charge in [-0.1, -0.05) is 36.1 Å². The van der Waals surface area contributed by atoms with Crippen molar-refractivity contribution in [3.63, 3.8) is 0 Å². The second kappa shape index (κ2) is 8.95. The molecular formula is C16H22N6O2S2. The van der Waals surface area contributed by atoms with Gasteiger partial charge in [0.1, 0.15) is 10.7 Å². The Kier molecular flexibility index (Phi) is 6.92. The van der Waals surface area contributed by atoms with Crippen LogP contribution in [0.25, 0.3) is 0 Å². The molecule has 0 aliphatic carbocycles. The summed E-state index contributed by atoms with van der Waals surface area (Å²) in [5.41, 5.74) is 0.606. The number of hydrogen-bond donors (Lipinski definition) is 1. The Morgan fingerprint density at radius 2 is 2.12 bits per heavy atom. The first-order valence-corrected chi connectivity index (χ1v) is 9.82. The highest BCUT2D eigenvalue weighted by molar-refractivity contribution is 7.99. The van der Waals surface area contributed by atoms with Crippen LogP contribution >= 0.6 is 23.1 Å². The van der Waals surface area contributed by atoms with Gasteiger partial charge in [0.15, 0.2) is 10.3 Å². The molecule has 0 spiro atoms. The van der Waals surface area contributed by atoms with Crippen LogP contribution in [-0.4, -0.2) is 56.3 Å². The van der Waals surface area contributed by atoms with Gasteiger partial charge in [0.25, 0.3) is 5.91 Å². The average molecular weight is 395 g/mol. The number of hydrogen-bond acceptors (Lipinski definition) is 7. The van der Waals surface area contributed by atoms with E-state index in [1.54, 1.807) is 27.1 Å². The topological polar surface area (TPSA) is 93.0 Å². The van der Waals surface area contributed by atoms with Crippen LogP contribution in [0.2, 0.25) is 0 Å². The third-order valence-corrected chi connectivity index (χ3v) is 5.42. The van der Waals surface area contributed by atoms with E-state index in [1.807, 2.05) is 11.5 Å². The zero-order valence-corrected chi connectivity index (χ0v) is 16.9. The maximum absolute atomic E-state index is 12.2. The Morgan fingerprint density at radius 3 is 2.73 bits per heavy atom. The summed E-state index contributed by atoms with van der Waals surface area (Å²) in [7, 11) is 3.36. The average Bonchev–Trinajstić information content (AvgIpc) is 3.15. The minimum atomic E-state index is -0.209. The van der Waals surface area contributed by atoms with Crippen molar-refractivity contribution in [2.75, 3.05) is 25.2 Å². The number of thioether (sulfide) groups is 1. The minimum absolute atomic E-state index is 0.125. The maximum atomic E-state index is 12.2. The van der Waals surface area contributed by atoms with Gasteiger partial charge >= 0.3 is 0 Å². The fourth-order valence-corrected chi connectivity index (χ4v) is 3.91. The van der Waals surface area contributed by atoms with Crippen molar-refractivity contribution >= 4 is 40.0 Å². The molecular weight excluding hydrogens is 372 g/mol. The Morgan fingerprint density at radius 1 is 1.38 bits per heavy atom. The van der Waals surface area contributed by atoms with Crippen molar-refractivity contribution in [2.24, 2.45) is 0 Å². The Balaban J connectivity index is 2.00. The van der Waals surface area contributed by atoms with Crippen molar-refractivity contribution < 1.29 is 9.59 Å². The zero-order chi connectivity index (χ0) is 19.3. The highest BCUT2D eigenvalue weighted by atomic mass is 32.2. The molecule has 2 aromatic heterocycles. The molecule has 0 radical (unpaired) electrons. The number of allylic oxidation sites excluding steroid dienone is 1. The molecule has 10 heteroatoms. The first kappa shape index (κ1) is 20.1. The van der Waals surface area contributed by atoms with E-state index in [0.29, 0.717) is 27.4 Å². The fourth-order valence-electron chi connectivity index (χ4n) is 2.14. The van der Waals surface area contributed by atoms with Gasteiger partial charge < -0.3 is 14.8 Å². The van der Waals surface area contributed by atoms with Gasteiger partial charge in [-0.15, -0.1) is 16.8 Å². The van der Waals surface area contributed by atoms with Crippen LogP contribution in [-0.2, 0) is 17.8 Å². The lowest BCUT2D eigenvalue weighted by Gasteiger charge is -2.07. The van der Waals surface area contributed by atoms with Gasteiger partial charge in [0, 0.05) is 27.1 Å². The first-order valence-electron chi connectivity index (χ1n) is 8.02. The van der Waals surface area contributed by atoms with E-state index in [1.165, 1.54) is 28.0 Å². The molecule has 1 N–H and O–H groups in total. The lowest BCUT2D eigenvalue weighted by molar-refractivity contribution is -0.113. The Bertz CT molecular complexity index is 812. The third kappa shape index (κ3) is 4.70. The van der Waals surface area contributed by atoms with E-state index < -0.39 is 0 Å². The molecule has 0 aliphatic heterocycles. The van der Waals surface area contributed by atoms with Crippen LogP contribution < -0.4 is 5.32 Å². The molecule has 2 aromatic rings. The summed E-state index contributed by atoms with van der Waals surface area (Å²) in [6.45, 7) is 8.09. The van der Waals surface area contributed by atoms with Gasteiger partial charge in [0.2, 0.25) is 5.91 Å². The van der Waals surface area contributed by atoms with Crippen LogP contribution in [0.3, 0.4) is 0 Å². The molecule has 140 valence electrons. The Hall–Kier alpha value is -2.20. The van der Waals surface area contributed by atoms with Gasteiger partial charge in [-0.2, -0.15) is 0 Å². The third-order valence-electron chi connectivity index (χ3n) is 3.40. The molecule has 2 rings (SSSR count). The molecule has 0 atom stereocenters. The summed E-state index contributed by atoms with van der Waals surface area (Å²) in [6, 6.07) is 0. The first-order chi connectivity index (χ1) is 12.4. The standard InChI is InChI=1S/C16H22N6O2S2/c1-6-8-22-11(7-2)19-20-16(22)25-9-12(23)18-15-17-10(3)13(26-15)14(24)21(4)5/h6H,1,7-9H2,2-5H3,(H,17,18,23).